The number of amides is 3. The van der Waals surface area contributed by atoms with Crippen molar-refractivity contribution in [3.8, 4) is 5.75 Å². The van der Waals surface area contributed by atoms with Crippen molar-refractivity contribution in [2.24, 2.45) is 23.7 Å². The minimum absolute atomic E-state index is 0.0426. The molecule has 43 heavy (non-hydrogen) atoms. The molecule has 0 radical (unpaired) electrons. The monoisotopic (exact) mass is 611 g/mol. The van der Waals surface area contributed by atoms with E-state index in [2.05, 4.69) is 27.0 Å². The largest absolute Gasteiger partial charge is 0.494 e. The van der Waals surface area contributed by atoms with Gasteiger partial charge in [0.15, 0.2) is 0 Å². The number of anilines is 1. The number of fused-ring (bicyclic) bond motifs is 1. The molecule has 0 aromatic heterocycles. The Kier molecular flexibility index (Phi) is 10.7. The molecule has 0 aliphatic carbocycles. The Morgan fingerprint density at radius 3 is 2.40 bits per heavy atom. The van der Waals surface area contributed by atoms with E-state index in [9.17, 15) is 19.5 Å². The first kappa shape index (κ1) is 33.1. The number of unbranched alkanes of at least 4 members (excludes halogenated alkanes) is 1. The molecule has 3 heterocycles. The maximum atomic E-state index is 14.7. The number of carbonyl (C=O) groups is 3. The highest BCUT2D eigenvalue weighted by Gasteiger charge is 2.77. The smallest absolute Gasteiger partial charge is 0.247 e. The summed E-state index contributed by atoms with van der Waals surface area (Å²) < 4.78 is 4.84. The number of carbonyl (C=O) groups excluding carboxylic acids is 3. The normalized spacial score (nSPS) is 28.1. The van der Waals surface area contributed by atoms with E-state index < -0.39 is 28.7 Å². The summed E-state index contributed by atoms with van der Waals surface area (Å²) in [6, 6.07) is 6.12. The first-order chi connectivity index (χ1) is 20.6. The Morgan fingerprint density at radius 2 is 1.84 bits per heavy atom. The summed E-state index contributed by atoms with van der Waals surface area (Å²) in [7, 11) is 0. The number of rotatable bonds is 15. The quantitative estimate of drug-likeness (QED) is 0.288. The van der Waals surface area contributed by atoms with Gasteiger partial charge in [-0.15, -0.1) is 24.9 Å². The third-order valence-electron chi connectivity index (χ3n) is 9.50. The van der Waals surface area contributed by atoms with Crippen molar-refractivity contribution >= 4 is 35.2 Å². The molecule has 3 aliphatic heterocycles. The van der Waals surface area contributed by atoms with Crippen LogP contribution in [-0.4, -0.2) is 87.6 Å². The molecule has 1 aromatic carbocycles. The third kappa shape index (κ3) is 5.75. The van der Waals surface area contributed by atoms with Crippen molar-refractivity contribution in [3.05, 3.63) is 49.6 Å². The summed E-state index contributed by atoms with van der Waals surface area (Å²) in [4.78, 5) is 49.0. The Morgan fingerprint density at radius 1 is 1.16 bits per heavy atom. The molecular weight excluding hydrogens is 562 g/mol. The van der Waals surface area contributed by atoms with Crippen LogP contribution in [0.4, 0.5) is 5.69 Å². The summed E-state index contributed by atoms with van der Waals surface area (Å²) in [5.41, 5.74) is 0.713. The van der Waals surface area contributed by atoms with E-state index in [0.717, 1.165) is 25.0 Å². The summed E-state index contributed by atoms with van der Waals surface area (Å²) in [5, 5.41) is 10.5. The van der Waals surface area contributed by atoms with Crippen molar-refractivity contribution in [1.82, 2.24) is 9.80 Å². The highest BCUT2D eigenvalue weighted by Crippen LogP contribution is 2.69. The summed E-state index contributed by atoms with van der Waals surface area (Å²) >= 11 is 1.67. The third-order valence-corrected chi connectivity index (χ3v) is 11.6. The van der Waals surface area contributed by atoms with Crippen LogP contribution in [0, 0.1) is 23.7 Å². The van der Waals surface area contributed by atoms with Crippen LogP contribution in [0.15, 0.2) is 49.6 Å². The maximum absolute atomic E-state index is 14.7. The molecule has 3 amide bonds. The summed E-state index contributed by atoms with van der Waals surface area (Å²) in [5.74, 6) is -0.976. The fraction of sp³-hybridized carbons (Fsp3) is 0.618. The first-order valence-electron chi connectivity index (χ1n) is 15.8. The number of aliphatic hydroxyl groups excluding tert-OH is 1. The molecule has 0 saturated carbocycles. The molecular formula is C34H49N3O5S. The molecule has 3 fully saturated rings. The molecule has 3 unspecified atom stereocenters. The number of ether oxygens (including phenoxy) is 1. The highest BCUT2D eigenvalue weighted by atomic mass is 32.2. The standard InChI is InChI=1S/C34H49N3O5S/c1-8-12-19-35(17-9-2)33(41)30-34-23(7)20-27(43-34)28(29(34)32(40)37(30)26(21-38)22(5)6)31(39)36(18-10-3)24-13-15-25(16-14-24)42-11-4/h9-10,13-16,22-23,26-30,38H,2-3,8,11-12,17-21H2,1,4-7H3/t23?,26-,27+,28-,29-,30?,34?/m0/s1. The Balaban J connectivity index is 1.80. The second kappa shape index (κ2) is 13.9. The molecule has 1 N–H and O–H groups in total. The van der Waals surface area contributed by atoms with Gasteiger partial charge in [0.05, 0.1) is 35.8 Å². The zero-order chi connectivity index (χ0) is 31.5. The maximum Gasteiger partial charge on any atom is 0.247 e. The second-order valence-corrected chi connectivity index (χ2v) is 13.9. The predicted octanol–water partition coefficient (Wildman–Crippen LogP) is 4.77. The SMILES string of the molecule is C=CCN(CCCC)C(=O)C1N([C@@H](CO)C(C)C)C(=O)[C@@H]2[C@@H](C(=O)N(CC=C)c3ccc(OCC)cc3)[C@H]3CC(C)C12S3. The molecule has 236 valence electrons. The van der Waals surface area contributed by atoms with Gasteiger partial charge in [-0.05, 0) is 55.9 Å². The summed E-state index contributed by atoms with van der Waals surface area (Å²) in [6.07, 6.45) is 5.95. The van der Waals surface area contributed by atoms with Gasteiger partial charge in [0.1, 0.15) is 11.8 Å². The number of nitrogens with zero attached hydrogens (tertiary/aromatic N) is 3. The van der Waals surface area contributed by atoms with Gasteiger partial charge in [0.25, 0.3) is 0 Å². The van der Waals surface area contributed by atoms with Crippen LogP contribution in [0.2, 0.25) is 0 Å². The lowest BCUT2D eigenvalue weighted by Crippen LogP contribution is -2.60. The predicted molar refractivity (Wildman–Crippen MR) is 173 cm³/mol. The number of benzene rings is 1. The van der Waals surface area contributed by atoms with E-state index in [0.29, 0.717) is 31.9 Å². The van der Waals surface area contributed by atoms with E-state index in [1.165, 1.54) is 0 Å². The van der Waals surface area contributed by atoms with Gasteiger partial charge in [-0.25, -0.2) is 0 Å². The molecule has 1 aromatic rings. The lowest BCUT2D eigenvalue weighted by Gasteiger charge is -2.43. The lowest BCUT2D eigenvalue weighted by atomic mass is 9.65. The van der Waals surface area contributed by atoms with Crippen molar-refractivity contribution in [2.75, 3.05) is 37.7 Å². The molecule has 3 saturated heterocycles. The van der Waals surface area contributed by atoms with Crippen LogP contribution in [0.3, 0.4) is 0 Å². The van der Waals surface area contributed by atoms with Gasteiger partial charge >= 0.3 is 0 Å². The van der Waals surface area contributed by atoms with Gasteiger partial charge in [-0.3, -0.25) is 14.4 Å². The van der Waals surface area contributed by atoms with Crippen LogP contribution in [0.1, 0.15) is 53.9 Å². The molecule has 8 nitrogen and oxygen atoms in total. The topological polar surface area (TPSA) is 90.4 Å². The fourth-order valence-electron chi connectivity index (χ4n) is 7.49. The van der Waals surface area contributed by atoms with E-state index in [1.807, 2.05) is 49.9 Å². The van der Waals surface area contributed by atoms with Crippen LogP contribution in [-0.2, 0) is 14.4 Å². The number of aliphatic hydroxyl groups is 1. The number of hydrogen-bond donors (Lipinski definition) is 1. The minimum Gasteiger partial charge on any atom is -0.494 e. The average Bonchev–Trinajstić information content (AvgIpc) is 3.58. The molecule has 3 aliphatic rings. The molecule has 4 rings (SSSR count). The molecule has 2 bridgehead atoms. The van der Waals surface area contributed by atoms with Crippen molar-refractivity contribution < 1.29 is 24.2 Å². The van der Waals surface area contributed by atoms with Gasteiger partial charge in [0.2, 0.25) is 17.7 Å². The summed E-state index contributed by atoms with van der Waals surface area (Å²) in [6.45, 7) is 19.4. The second-order valence-electron chi connectivity index (χ2n) is 12.4. The zero-order valence-corrected chi connectivity index (χ0v) is 27.2. The van der Waals surface area contributed by atoms with Crippen LogP contribution in [0.5, 0.6) is 5.75 Å². The van der Waals surface area contributed by atoms with Gasteiger partial charge in [-0.2, -0.15) is 0 Å². The van der Waals surface area contributed by atoms with Crippen molar-refractivity contribution in [2.45, 2.75) is 76.0 Å². The van der Waals surface area contributed by atoms with Crippen LogP contribution in [0.25, 0.3) is 0 Å². The minimum atomic E-state index is -0.762. The fourth-order valence-corrected chi connectivity index (χ4v) is 9.88. The van der Waals surface area contributed by atoms with Crippen LogP contribution >= 0.6 is 11.8 Å². The Hall–Kier alpha value is -2.78. The van der Waals surface area contributed by atoms with Crippen molar-refractivity contribution in [3.63, 3.8) is 0 Å². The van der Waals surface area contributed by atoms with E-state index in [-0.39, 0.29) is 41.4 Å². The number of thioether (sulfide) groups is 1. The molecule has 1 spiro atoms. The Labute approximate surface area is 261 Å². The van der Waals surface area contributed by atoms with Gasteiger partial charge in [-0.1, -0.05) is 46.3 Å². The Bertz CT molecular complexity index is 1190. The lowest BCUT2D eigenvalue weighted by molar-refractivity contribution is -0.146. The molecule has 7 atom stereocenters. The average molecular weight is 612 g/mol. The van der Waals surface area contributed by atoms with Crippen LogP contribution < -0.4 is 9.64 Å². The van der Waals surface area contributed by atoms with E-state index >= 15 is 0 Å². The van der Waals surface area contributed by atoms with E-state index in [4.69, 9.17) is 4.74 Å². The van der Waals surface area contributed by atoms with Crippen molar-refractivity contribution in [1.29, 1.82) is 0 Å². The van der Waals surface area contributed by atoms with E-state index in [1.54, 1.807) is 33.7 Å². The first-order valence-corrected chi connectivity index (χ1v) is 16.7. The van der Waals surface area contributed by atoms with Gasteiger partial charge in [0, 0.05) is 30.6 Å². The zero-order valence-electron chi connectivity index (χ0n) is 26.4. The number of hydrogen-bond acceptors (Lipinski definition) is 6. The number of likely N-dealkylation sites (tertiary alicyclic amines) is 1. The van der Waals surface area contributed by atoms with Gasteiger partial charge < -0.3 is 24.5 Å². The highest BCUT2D eigenvalue weighted by molar-refractivity contribution is 8.02. The molecule has 9 heteroatoms.